The summed E-state index contributed by atoms with van der Waals surface area (Å²) >= 11 is 0. The van der Waals surface area contributed by atoms with Crippen LogP contribution in [0.4, 0.5) is 4.39 Å². The lowest BCUT2D eigenvalue weighted by Crippen LogP contribution is -2.27. The summed E-state index contributed by atoms with van der Waals surface area (Å²) in [4.78, 5) is 15.6. The average Bonchev–Trinajstić information content (AvgIpc) is 2.19. The van der Waals surface area contributed by atoms with Crippen molar-refractivity contribution in [2.75, 3.05) is 13.2 Å². The lowest BCUT2D eigenvalue weighted by Gasteiger charge is -2.03. The van der Waals surface area contributed by atoms with Crippen LogP contribution in [0.3, 0.4) is 0 Å². The van der Waals surface area contributed by atoms with E-state index in [1.807, 2.05) is 0 Å². The Morgan fingerprint density at radius 1 is 1.43 bits per heavy atom. The van der Waals surface area contributed by atoms with Crippen LogP contribution in [0.15, 0.2) is 24.3 Å². The predicted molar refractivity (Wildman–Crippen MR) is 48.9 cm³/mol. The molecule has 5 heteroatoms. The first-order valence-corrected chi connectivity index (χ1v) is 4.09. The summed E-state index contributed by atoms with van der Waals surface area (Å²) in [6, 6.07) is 5.28. The summed E-state index contributed by atoms with van der Waals surface area (Å²) in [6.45, 7) is 0.569. The predicted octanol–water partition coefficient (Wildman–Crippen LogP) is 0.446. The fraction of sp³-hybridized carbons (Fsp3) is 0.222. The summed E-state index contributed by atoms with van der Waals surface area (Å²) in [5.74, 6) is 4.13. The molecule has 0 unspecified atom stereocenters. The molecule has 0 aliphatic carbocycles. The smallest absolute Gasteiger partial charge is 0.251 e. The molecular formula is C9H11FN2O2. The molecule has 0 aliphatic rings. The molecule has 0 fully saturated rings. The van der Waals surface area contributed by atoms with E-state index in [-0.39, 0.29) is 18.3 Å². The van der Waals surface area contributed by atoms with E-state index in [0.717, 1.165) is 0 Å². The minimum atomic E-state index is -0.369. The molecule has 0 saturated heterocycles. The molecule has 1 aromatic carbocycles. The molecule has 0 saturated carbocycles. The van der Waals surface area contributed by atoms with Gasteiger partial charge in [0.1, 0.15) is 5.82 Å². The van der Waals surface area contributed by atoms with E-state index in [1.54, 1.807) is 0 Å². The van der Waals surface area contributed by atoms with Crippen LogP contribution in [0.5, 0.6) is 0 Å². The van der Waals surface area contributed by atoms with E-state index in [2.05, 4.69) is 10.2 Å². The number of nitrogens with one attached hydrogen (secondary N) is 1. The molecule has 3 N–H and O–H groups in total. The number of rotatable bonds is 4. The van der Waals surface area contributed by atoms with Gasteiger partial charge < -0.3 is 10.2 Å². The highest BCUT2D eigenvalue weighted by Gasteiger charge is 2.03. The van der Waals surface area contributed by atoms with Gasteiger partial charge in [-0.1, -0.05) is 0 Å². The Kier molecular flexibility index (Phi) is 4.03. The van der Waals surface area contributed by atoms with Crippen molar-refractivity contribution in [1.29, 1.82) is 0 Å². The van der Waals surface area contributed by atoms with Gasteiger partial charge in [0.2, 0.25) is 0 Å². The van der Waals surface area contributed by atoms with Gasteiger partial charge in [-0.2, -0.15) is 0 Å². The lowest BCUT2D eigenvalue weighted by molar-refractivity contribution is 0.0917. The maximum atomic E-state index is 12.5. The number of hydrogen-bond donors (Lipinski definition) is 2. The number of benzene rings is 1. The fourth-order valence-electron chi connectivity index (χ4n) is 0.927. The van der Waals surface area contributed by atoms with E-state index in [1.165, 1.54) is 24.3 Å². The molecule has 76 valence electrons. The van der Waals surface area contributed by atoms with Gasteiger partial charge in [-0.05, 0) is 24.3 Å². The molecule has 0 heterocycles. The zero-order chi connectivity index (χ0) is 10.4. The number of carbonyl (C=O) groups is 1. The summed E-state index contributed by atoms with van der Waals surface area (Å²) in [5, 5.41) is 2.55. The summed E-state index contributed by atoms with van der Waals surface area (Å²) in [7, 11) is 0. The van der Waals surface area contributed by atoms with Crippen LogP contribution < -0.4 is 11.2 Å². The van der Waals surface area contributed by atoms with Crippen LogP contribution in [0.1, 0.15) is 10.4 Å². The van der Waals surface area contributed by atoms with Gasteiger partial charge >= 0.3 is 0 Å². The molecule has 0 aliphatic heterocycles. The maximum Gasteiger partial charge on any atom is 0.251 e. The van der Waals surface area contributed by atoms with Crippen molar-refractivity contribution in [3.8, 4) is 0 Å². The first-order chi connectivity index (χ1) is 6.74. The highest BCUT2D eigenvalue weighted by Crippen LogP contribution is 2.01. The largest absolute Gasteiger partial charge is 0.350 e. The normalized spacial score (nSPS) is 9.86. The number of nitrogens with two attached hydrogens (primary N) is 1. The first kappa shape index (κ1) is 10.6. The third kappa shape index (κ3) is 3.12. The van der Waals surface area contributed by atoms with Crippen LogP contribution in [0, 0.1) is 5.82 Å². The summed E-state index contributed by atoms with van der Waals surface area (Å²) < 4.78 is 12.5. The number of amides is 1. The van der Waals surface area contributed by atoms with Gasteiger partial charge in [0.25, 0.3) is 5.91 Å². The standard InChI is InChI=1S/C9H11FN2O2/c10-8-3-1-7(2-4-8)9(13)12-5-6-14-11/h1-4H,5-6,11H2,(H,12,13). The van der Waals surface area contributed by atoms with Crippen molar-refractivity contribution in [1.82, 2.24) is 5.32 Å². The van der Waals surface area contributed by atoms with Crippen LogP contribution in [0.2, 0.25) is 0 Å². The number of halogens is 1. The minimum absolute atomic E-state index is 0.243. The molecule has 14 heavy (non-hydrogen) atoms. The maximum absolute atomic E-state index is 12.5. The Labute approximate surface area is 80.8 Å². The fourth-order valence-corrected chi connectivity index (χ4v) is 0.927. The van der Waals surface area contributed by atoms with Gasteiger partial charge in [-0.3, -0.25) is 4.79 Å². The Morgan fingerprint density at radius 3 is 2.64 bits per heavy atom. The van der Waals surface area contributed by atoms with E-state index >= 15 is 0 Å². The highest BCUT2D eigenvalue weighted by atomic mass is 19.1. The quantitative estimate of drug-likeness (QED) is 0.545. The van der Waals surface area contributed by atoms with Crippen molar-refractivity contribution in [2.45, 2.75) is 0 Å². The van der Waals surface area contributed by atoms with Crippen molar-refractivity contribution < 1.29 is 14.0 Å². The molecular weight excluding hydrogens is 187 g/mol. The van der Waals surface area contributed by atoms with E-state index in [0.29, 0.717) is 12.1 Å². The van der Waals surface area contributed by atoms with Crippen LogP contribution in [0.25, 0.3) is 0 Å². The van der Waals surface area contributed by atoms with Gasteiger partial charge in [0, 0.05) is 12.1 Å². The third-order valence-electron chi connectivity index (χ3n) is 1.61. The number of hydrogen-bond acceptors (Lipinski definition) is 3. The van der Waals surface area contributed by atoms with Gasteiger partial charge in [0.15, 0.2) is 0 Å². The molecule has 0 aromatic heterocycles. The van der Waals surface area contributed by atoms with Gasteiger partial charge in [0.05, 0.1) is 6.61 Å². The van der Waals surface area contributed by atoms with Crippen LogP contribution in [-0.4, -0.2) is 19.1 Å². The Bertz CT molecular complexity index is 300. The summed E-state index contributed by atoms with van der Waals surface area (Å²) in [6.07, 6.45) is 0. The van der Waals surface area contributed by atoms with Crippen LogP contribution >= 0.6 is 0 Å². The Morgan fingerprint density at radius 2 is 2.07 bits per heavy atom. The van der Waals surface area contributed by atoms with Crippen molar-refractivity contribution >= 4 is 5.91 Å². The third-order valence-corrected chi connectivity index (χ3v) is 1.61. The topological polar surface area (TPSA) is 64.3 Å². The zero-order valence-electron chi connectivity index (χ0n) is 7.50. The Hall–Kier alpha value is -1.46. The van der Waals surface area contributed by atoms with Gasteiger partial charge in [-0.15, -0.1) is 0 Å². The van der Waals surface area contributed by atoms with Crippen LogP contribution in [-0.2, 0) is 4.84 Å². The second-order valence-corrected chi connectivity index (χ2v) is 2.63. The van der Waals surface area contributed by atoms with Crippen molar-refractivity contribution in [3.63, 3.8) is 0 Å². The molecule has 1 rings (SSSR count). The molecule has 1 aromatic rings. The number of carbonyl (C=O) groups excluding carboxylic acids is 1. The SMILES string of the molecule is NOCCNC(=O)c1ccc(F)cc1. The second kappa shape index (κ2) is 5.31. The highest BCUT2D eigenvalue weighted by molar-refractivity contribution is 5.94. The van der Waals surface area contributed by atoms with Gasteiger partial charge in [-0.25, -0.2) is 10.3 Å². The Balaban J connectivity index is 2.48. The molecule has 0 spiro atoms. The molecule has 0 atom stereocenters. The van der Waals surface area contributed by atoms with E-state index < -0.39 is 0 Å². The van der Waals surface area contributed by atoms with E-state index in [9.17, 15) is 9.18 Å². The molecule has 1 amide bonds. The van der Waals surface area contributed by atoms with Crippen molar-refractivity contribution in [3.05, 3.63) is 35.6 Å². The zero-order valence-corrected chi connectivity index (χ0v) is 7.50. The second-order valence-electron chi connectivity index (χ2n) is 2.63. The average molecular weight is 198 g/mol. The monoisotopic (exact) mass is 198 g/mol. The molecule has 4 nitrogen and oxygen atoms in total. The summed E-state index contributed by atoms with van der Waals surface area (Å²) in [5.41, 5.74) is 0.406. The lowest BCUT2D eigenvalue weighted by atomic mass is 10.2. The molecule has 0 radical (unpaired) electrons. The van der Waals surface area contributed by atoms with Crippen molar-refractivity contribution in [2.24, 2.45) is 5.90 Å². The first-order valence-electron chi connectivity index (χ1n) is 4.09. The minimum Gasteiger partial charge on any atom is -0.350 e. The van der Waals surface area contributed by atoms with E-state index in [4.69, 9.17) is 5.90 Å². The molecule has 0 bridgehead atoms.